The Morgan fingerprint density at radius 3 is 2.59 bits per heavy atom. The number of carbonyl (C=O) groups excluding carboxylic acids is 2. The summed E-state index contributed by atoms with van der Waals surface area (Å²) in [7, 11) is 3.73. The van der Waals surface area contributed by atoms with Crippen LogP contribution in [0.15, 0.2) is 36.5 Å². The Bertz CT molecular complexity index is 894. The van der Waals surface area contributed by atoms with Crippen LogP contribution in [0.25, 0.3) is 0 Å². The first-order chi connectivity index (χ1) is 14.0. The number of rotatable bonds is 5. The third kappa shape index (κ3) is 3.73. The molecule has 1 saturated carbocycles. The molecule has 2 aromatic rings. The van der Waals surface area contributed by atoms with Crippen LogP contribution in [0.1, 0.15) is 48.0 Å². The molecular formula is C22H29N5O2. The molecule has 154 valence electrons. The zero-order valence-electron chi connectivity index (χ0n) is 17.3. The summed E-state index contributed by atoms with van der Waals surface area (Å²) in [6.07, 6.45) is 4.36. The van der Waals surface area contributed by atoms with Gasteiger partial charge in [0.25, 0.3) is 0 Å². The molecule has 29 heavy (non-hydrogen) atoms. The summed E-state index contributed by atoms with van der Waals surface area (Å²) in [5, 5.41) is 10.4. The van der Waals surface area contributed by atoms with E-state index in [1.807, 2.05) is 50.1 Å². The van der Waals surface area contributed by atoms with Crippen molar-refractivity contribution < 1.29 is 9.59 Å². The lowest BCUT2D eigenvalue weighted by Gasteiger charge is -2.37. The molecule has 0 bridgehead atoms. The van der Waals surface area contributed by atoms with Crippen LogP contribution >= 0.6 is 0 Å². The molecule has 1 aromatic carbocycles. The van der Waals surface area contributed by atoms with Crippen molar-refractivity contribution in [3.63, 3.8) is 0 Å². The van der Waals surface area contributed by atoms with Crippen LogP contribution in [0.3, 0.4) is 0 Å². The summed E-state index contributed by atoms with van der Waals surface area (Å²) in [5.74, 6) is 0.521. The highest BCUT2D eigenvalue weighted by atomic mass is 16.2. The first kappa shape index (κ1) is 19.5. The lowest BCUT2D eigenvalue weighted by atomic mass is 9.75. The molecule has 2 heterocycles. The highest BCUT2D eigenvalue weighted by Gasteiger charge is 2.40. The monoisotopic (exact) mass is 395 g/mol. The molecule has 0 spiro atoms. The van der Waals surface area contributed by atoms with Gasteiger partial charge in [-0.2, -0.15) is 5.10 Å². The van der Waals surface area contributed by atoms with Crippen LogP contribution in [0.5, 0.6) is 0 Å². The number of hydrogen-bond acceptors (Lipinski definition) is 3. The van der Waals surface area contributed by atoms with E-state index in [0.717, 1.165) is 24.1 Å². The smallest absolute Gasteiger partial charge is 0.315 e. The molecule has 1 aliphatic heterocycles. The van der Waals surface area contributed by atoms with Gasteiger partial charge in [0.15, 0.2) is 0 Å². The standard InChI is InChI=1S/C22H29N5O2/c1-14-18(13-24-27(14)3)21-16(11-20(28)26(21)2)12-23-22(29)25-19-10-9-17(19)15-7-5-4-6-8-15/h4-8,13,16-17,19,21H,9-12H2,1-3H3,(H2,23,25,29)/t16-,17+,19+,21+/m0/s1. The number of carbonyl (C=O) groups is 2. The zero-order valence-corrected chi connectivity index (χ0v) is 17.3. The average Bonchev–Trinajstić information content (AvgIpc) is 3.16. The van der Waals surface area contributed by atoms with Crippen molar-refractivity contribution in [1.29, 1.82) is 0 Å². The summed E-state index contributed by atoms with van der Waals surface area (Å²) < 4.78 is 1.82. The largest absolute Gasteiger partial charge is 0.338 e. The van der Waals surface area contributed by atoms with Gasteiger partial charge in [0.1, 0.15) is 0 Å². The number of hydrogen-bond donors (Lipinski definition) is 2. The average molecular weight is 396 g/mol. The first-order valence-electron chi connectivity index (χ1n) is 10.3. The molecule has 7 heteroatoms. The Morgan fingerprint density at radius 2 is 1.97 bits per heavy atom. The lowest BCUT2D eigenvalue weighted by Crippen LogP contribution is -2.50. The minimum Gasteiger partial charge on any atom is -0.338 e. The van der Waals surface area contributed by atoms with Gasteiger partial charge in [-0.05, 0) is 25.3 Å². The Balaban J connectivity index is 1.36. The number of aromatic nitrogens is 2. The summed E-state index contributed by atoms with van der Waals surface area (Å²) in [6.45, 7) is 2.47. The van der Waals surface area contributed by atoms with Gasteiger partial charge < -0.3 is 15.5 Å². The summed E-state index contributed by atoms with van der Waals surface area (Å²) in [6, 6.07) is 10.3. The van der Waals surface area contributed by atoms with E-state index in [9.17, 15) is 9.59 Å². The van der Waals surface area contributed by atoms with Gasteiger partial charge in [-0.25, -0.2) is 4.79 Å². The number of nitrogens with zero attached hydrogens (tertiary/aromatic N) is 3. The SMILES string of the molecule is Cc1c([C@H]2[C@H](CNC(=O)N[C@@H]3CC[C@@H]3c3ccccc3)CC(=O)N2C)cnn1C. The van der Waals surface area contributed by atoms with Gasteiger partial charge in [0, 0.05) is 56.2 Å². The van der Waals surface area contributed by atoms with Crippen molar-refractivity contribution in [3.05, 3.63) is 53.3 Å². The van der Waals surface area contributed by atoms with Gasteiger partial charge in [0.2, 0.25) is 5.91 Å². The lowest BCUT2D eigenvalue weighted by molar-refractivity contribution is -0.127. The number of aryl methyl sites for hydroxylation is 1. The van der Waals surface area contributed by atoms with E-state index in [1.54, 1.807) is 4.90 Å². The van der Waals surface area contributed by atoms with E-state index in [-0.39, 0.29) is 29.9 Å². The molecule has 0 radical (unpaired) electrons. The number of amides is 3. The van der Waals surface area contributed by atoms with Crippen LogP contribution in [-0.4, -0.2) is 46.3 Å². The molecule has 3 amide bonds. The van der Waals surface area contributed by atoms with Crippen molar-refractivity contribution in [2.24, 2.45) is 13.0 Å². The van der Waals surface area contributed by atoms with Crippen LogP contribution < -0.4 is 10.6 Å². The van der Waals surface area contributed by atoms with Gasteiger partial charge in [-0.15, -0.1) is 0 Å². The summed E-state index contributed by atoms with van der Waals surface area (Å²) in [4.78, 5) is 26.6. The van der Waals surface area contributed by atoms with Gasteiger partial charge in [-0.3, -0.25) is 9.48 Å². The number of benzene rings is 1. The predicted octanol–water partition coefficient (Wildman–Crippen LogP) is 2.49. The van der Waals surface area contributed by atoms with Crippen LogP contribution in [-0.2, 0) is 11.8 Å². The Hall–Kier alpha value is -2.83. The second-order valence-corrected chi connectivity index (χ2v) is 8.28. The maximum Gasteiger partial charge on any atom is 0.315 e. The topological polar surface area (TPSA) is 79.3 Å². The van der Waals surface area contributed by atoms with Crippen LogP contribution in [0.2, 0.25) is 0 Å². The quantitative estimate of drug-likeness (QED) is 0.816. The second kappa shape index (κ2) is 7.89. The third-order valence-electron chi connectivity index (χ3n) is 6.63. The van der Waals surface area contributed by atoms with E-state index in [1.165, 1.54) is 5.56 Å². The van der Waals surface area contributed by atoms with Crippen molar-refractivity contribution in [3.8, 4) is 0 Å². The molecule has 2 fully saturated rings. The molecule has 1 aromatic heterocycles. The minimum atomic E-state index is -0.153. The van der Waals surface area contributed by atoms with E-state index >= 15 is 0 Å². The molecular weight excluding hydrogens is 366 g/mol. The number of nitrogens with one attached hydrogen (secondary N) is 2. The first-order valence-corrected chi connectivity index (χ1v) is 10.3. The molecule has 2 aliphatic rings. The second-order valence-electron chi connectivity index (χ2n) is 8.28. The van der Waals surface area contributed by atoms with Gasteiger partial charge >= 0.3 is 6.03 Å². The third-order valence-corrected chi connectivity index (χ3v) is 6.63. The molecule has 1 aliphatic carbocycles. The van der Waals surface area contributed by atoms with Crippen molar-refractivity contribution in [2.45, 2.75) is 44.2 Å². The maximum atomic E-state index is 12.5. The summed E-state index contributed by atoms with van der Waals surface area (Å²) in [5.41, 5.74) is 3.38. The molecule has 0 unspecified atom stereocenters. The highest BCUT2D eigenvalue weighted by Crippen LogP contribution is 2.38. The van der Waals surface area contributed by atoms with Crippen molar-refractivity contribution in [1.82, 2.24) is 25.3 Å². The van der Waals surface area contributed by atoms with E-state index in [4.69, 9.17) is 0 Å². The number of urea groups is 1. The molecule has 7 nitrogen and oxygen atoms in total. The predicted molar refractivity (Wildman–Crippen MR) is 110 cm³/mol. The molecule has 4 rings (SSSR count). The number of likely N-dealkylation sites (tertiary alicyclic amines) is 1. The maximum absolute atomic E-state index is 12.5. The fourth-order valence-corrected chi connectivity index (χ4v) is 4.62. The van der Waals surface area contributed by atoms with Crippen LogP contribution in [0.4, 0.5) is 4.79 Å². The molecule has 2 N–H and O–H groups in total. The Kier molecular flexibility index (Phi) is 5.30. The molecule has 4 atom stereocenters. The zero-order chi connectivity index (χ0) is 20.5. The van der Waals surface area contributed by atoms with Gasteiger partial charge in [-0.1, -0.05) is 30.3 Å². The summed E-state index contributed by atoms with van der Waals surface area (Å²) >= 11 is 0. The van der Waals surface area contributed by atoms with Crippen LogP contribution in [0, 0.1) is 12.8 Å². The van der Waals surface area contributed by atoms with Crippen molar-refractivity contribution >= 4 is 11.9 Å². The van der Waals surface area contributed by atoms with Gasteiger partial charge in [0.05, 0.1) is 12.2 Å². The Labute approximate surface area is 171 Å². The minimum absolute atomic E-state index is 0.0347. The Morgan fingerprint density at radius 1 is 1.21 bits per heavy atom. The van der Waals surface area contributed by atoms with Crippen molar-refractivity contribution in [2.75, 3.05) is 13.6 Å². The van der Waals surface area contributed by atoms with E-state index in [2.05, 4.69) is 27.9 Å². The molecule has 1 saturated heterocycles. The van der Waals surface area contributed by atoms with E-state index in [0.29, 0.717) is 18.9 Å². The van der Waals surface area contributed by atoms with E-state index < -0.39 is 0 Å². The fraction of sp³-hybridized carbons (Fsp3) is 0.500. The fourth-order valence-electron chi connectivity index (χ4n) is 4.62. The highest BCUT2D eigenvalue weighted by molar-refractivity contribution is 5.80. The normalized spacial score (nSPS) is 26.3.